The lowest BCUT2D eigenvalue weighted by atomic mass is 9.98. The summed E-state index contributed by atoms with van der Waals surface area (Å²) in [6.07, 6.45) is 0. The van der Waals surface area contributed by atoms with Crippen LogP contribution < -0.4 is 11.1 Å². The standard InChI is InChI=1S/C10H11Cl2N3/c11-7-1-2-8(9(12)3-7)6-4-14-10(13)15-5-6/h1-3,6H,4-5H2,(H3,13,14,15). The molecule has 0 aromatic heterocycles. The van der Waals surface area contributed by atoms with Gasteiger partial charge in [0.1, 0.15) is 0 Å². The summed E-state index contributed by atoms with van der Waals surface area (Å²) in [6, 6.07) is 5.53. The Kier molecular flexibility index (Phi) is 3.03. The molecule has 0 radical (unpaired) electrons. The number of guanidine groups is 1. The molecule has 0 saturated heterocycles. The van der Waals surface area contributed by atoms with E-state index in [2.05, 4.69) is 10.3 Å². The molecule has 1 atom stereocenters. The van der Waals surface area contributed by atoms with Gasteiger partial charge in [0.25, 0.3) is 0 Å². The minimum absolute atomic E-state index is 0.266. The third-order valence-electron chi connectivity index (χ3n) is 2.41. The lowest BCUT2D eigenvalue weighted by Gasteiger charge is -2.22. The fourth-order valence-electron chi connectivity index (χ4n) is 1.60. The van der Waals surface area contributed by atoms with Gasteiger partial charge in [0.2, 0.25) is 0 Å². The molecule has 0 fully saturated rings. The summed E-state index contributed by atoms with van der Waals surface area (Å²) in [5.74, 6) is 0.762. The van der Waals surface area contributed by atoms with E-state index in [9.17, 15) is 0 Å². The van der Waals surface area contributed by atoms with Crippen LogP contribution >= 0.6 is 23.2 Å². The van der Waals surface area contributed by atoms with E-state index < -0.39 is 0 Å². The summed E-state index contributed by atoms with van der Waals surface area (Å²) < 4.78 is 0. The fraction of sp³-hybridized carbons (Fsp3) is 0.300. The first kappa shape index (κ1) is 10.6. The summed E-state index contributed by atoms with van der Waals surface area (Å²) in [6.45, 7) is 1.43. The zero-order valence-corrected chi connectivity index (χ0v) is 9.52. The average molecular weight is 244 g/mol. The van der Waals surface area contributed by atoms with Crippen LogP contribution in [0.4, 0.5) is 0 Å². The van der Waals surface area contributed by atoms with Crippen molar-refractivity contribution in [1.29, 1.82) is 0 Å². The number of nitrogens with one attached hydrogen (secondary N) is 1. The van der Waals surface area contributed by atoms with Gasteiger partial charge in [-0.1, -0.05) is 29.3 Å². The van der Waals surface area contributed by atoms with Crippen molar-refractivity contribution in [3.05, 3.63) is 33.8 Å². The number of nitrogens with zero attached hydrogens (tertiary/aromatic N) is 1. The Labute approximate surface area is 98.3 Å². The lowest BCUT2D eigenvalue weighted by Crippen LogP contribution is -2.39. The number of hydrogen-bond acceptors (Lipinski definition) is 3. The van der Waals surface area contributed by atoms with Gasteiger partial charge >= 0.3 is 0 Å². The van der Waals surface area contributed by atoms with Gasteiger partial charge in [0.05, 0.1) is 6.54 Å². The second-order valence-electron chi connectivity index (χ2n) is 3.47. The number of hydrogen-bond donors (Lipinski definition) is 2. The normalized spacial score (nSPS) is 20.7. The second-order valence-corrected chi connectivity index (χ2v) is 4.31. The smallest absolute Gasteiger partial charge is 0.188 e. The van der Waals surface area contributed by atoms with Gasteiger partial charge in [-0.2, -0.15) is 0 Å². The quantitative estimate of drug-likeness (QED) is 0.793. The van der Waals surface area contributed by atoms with E-state index in [4.69, 9.17) is 28.9 Å². The number of benzene rings is 1. The molecule has 1 aliphatic rings. The first-order valence-corrected chi connectivity index (χ1v) is 5.41. The molecule has 0 saturated carbocycles. The summed E-state index contributed by atoms with van der Waals surface area (Å²) >= 11 is 11.9. The molecule has 2 rings (SSSR count). The average Bonchev–Trinajstić information content (AvgIpc) is 2.20. The van der Waals surface area contributed by atoms with Gasteiger partial charge in [-0.05, 0) is 17.7 Å². The second kappa shape index (κ2) is 4.29. The predicted molar refractivity (Wildman–Crippen MR) is 63.7 cm³/mol. The van der Waals surface area contributed by atoms with Gasteiger partial charge < -0.3 is 11.1 Å². The molecule has 5 heteroatoms. The highest BCUT2D eigenvalue weighted by Crippen LogP contribution is 2.28. The number of nitrogens with two attached hydrogens (primary N) is 1. The van der Waals surface area contributed by atoms with Crippen LogP contribution in [0.3, 0.4) is 0 Å². The van der Waals surface area contributed by atoms with Crippen molar-refractivity contribution in [2.45, 2.75) is 5.92 Å². The van der Waals surface area contributed by atoms with Gasteiger partial charge in [-0.15, -0.1) is 0 Å². The summed E-state index contributed by atoms with van der Waals surface area (Å²) in [4.78, 5) is 4.14. The Morgan fingerprint density at radius 2 is 2.20 bits per heavy atom. The van der Waals surface area contributed by atoms with Crippen molar-refractivity contribution in [2.75, 3.05) is 13.1 Å². The van der Waals surface area contributed by atoms with E-state index in [-0.39, 0.29) is 5.92 Å². The van der Waals surface area contributed by atoms with Crippen LogP contribution in [-0.4, -0.2) is 19.0 Å². The molecule has 15 heavy (non-hydrogen) atoms. The monoisotopic (exact) mass is 243 g/mol. The van der Waals surface area contributed by atoms with Crippen molar-refractivity contribution in [3.8, 4) is 0 Å². The van der Waals surface area contributed by atoms with Gasteiger partial charge in [-0.3, -0.25) is 4.99 Å². The van der Waals surface area contributed by atoms with Gasteiger partial charge in [0, 0.05) is 22.5 Å². The number of rotatable bonds is 1. The first-order valence-electron chi connectivity index (χ1n) is 4.65. The summed E-state index contributed by atoms with van der Waals surface area (Å²) in [5, 5.41) is 4.34. The molecule has 0 amide bonds. The molecule has 0 aliphatic carbocycles. The van der Waals surface area contributed by atoms with E-state index in [0.717, 1.165) is 12.1 Å². The molecule has 1 aromatic rings. The van der Waals surface area contributed by atoms with Crippen molar-refractivity contribution in [1.82, 2.24) is 5.32 Å². The molecule has 80 valence electrons. The molecule has 1 aromatic carbocycles. The van der Waals surface area contributed by atoms with E-state index in [1.807, 2.05) is 12.1 Å². The highest BCUT2D eigenvalue weighted by atomic mass is 35.5. The van der Waals surface area contributed by atoms with E-state index >= 15 is 0 Å². The third kappa shape index (κ3) is 2.36. The molecule has 1 heterocycles. The van der Waals surface area contributed by atoms with Crippen LogP contribution in [0.5, 0.6) is 0 Å². The Balaban J connectivity index is 2.23. The summed E-state index contributed by atoms with van der Waals surface area (Å²) in [7, 11) is 0. The van der Waals surface area contributed by atoms with Gasteiger partial charge in [-0.25, -0.2) is 0 Å². The summed E-state index contributed by atoms with van der Waals surface area (Å²) in [5.41, 5.74) is 6.58. The topological polar surface area (TPSA) is 50.4 Å². The Hall–Kier alpha value is -0.930. The maximum Gasteiger partial charge on any atom is 0.188 e. The maximum atomic E-state index is 6.11. The van der Waals surface area contributed by atoms with E-state index in [1.165, 1.54) is 0 Å². The third-order valence-corrected chi connectivity index (χ3v) is 2.98. The van der Waals surface area contributed by atoms with Gasteiger partial charge in [0.15, 0.2) is 5.96 Å². The number of halogens is 2. The fourth-order valence-corrected chi connectivity index (χ4v) is 2.16. The maximum absolute atomic E-state index is 6.11. The minimum Gasteiger partial charge on any atom is -0.370 e. The molecule has 1 unspecified atom stereocenters. The van der Waals surface area contributed by atoms with Crippen LogP contribution in [0.15, 0.2) is 23.2 Å². The first-order chi connectivity index (χ1) is 7.16. The molecule has 3 nitrogen and oxygen atoms in total. The van der Waals surface area contributed by atoms with Crippen molar-refractivity contribution < 1.29 is 0 Å². The van der Waals surface area contributed by atoms with Crippen molar-refractivity contribution in [2.24, 2.45) is 10.7 Å². The van der Waals surface area contributed by atoms with Crippen LogP contribution in [0.25, 0.3) is 0 Å². The largest absolute Gasteiger partial charge is 0.370 e. The Morgan fingerprint density at radius 1 is 1.40 bits per heavy atom. The number of aliphatic imine (C=N–C) groups is 1. The molecule has 0 bridgehead atoms. The van der Waals surface area contributed by atoms with Crippen LogP contribution in [0.1, 0.15) is 11.5 Å². The highest BCUT2D eigenvalue weighted by molar-refractivity contribution is 6.35. The van der Waals surface area contributed by atoms with Crippen molar-refractivity contribution >= 4 is 29.2 Å². The molecule has 1 aliphatic heterocycles. The van der Waals surface area contributed by atoms with Crippen LogP contribution in [-0.2, 0) is 0 Å². The molecule has 3 N–H and O–H groups in total. The van der Waals surface area contributed by atoms with Crippen LogP contribution in [0, 0.1) is 0 Å². The molecular weight excluding hydrogens is 233 g/mol. The van der Waals surface area contributed by atoms with Crippen LogP contribution in [0.2, 0.25) is 10.0 Å². The highest BCUT2D eigenvalue weighted by Gasteiger charge is 2.18. The Morgan fingerprint density at radius 3 is 2.80 bits per heavy atom. The van der Waals surface area contributed by atoms with E-state index in [1.54, 1.807) is 6.07 Å². The predicted octanol–water partition coefficient (Wildman–Crippen LogP) is 1.99. The zero-order valence-electron chi connectivity index (χ0n) is 8.00. The SMILES string of the molecule is NC1=NCC(c2ccc(Cl)cc2Cl)CN1. The lowest BCUT2D eigenvalue weighted by molar-refractivity contribution is 0.635. The molecule has 0 spiro atoms. The van der Waals surface area contributed by atoms with Crippen molar-refractivity contribution in [3.63, 3.8) is 0 Å². The zero-order chi connectivity index (χ0) is 10.8. The molecular formula is C10H11Cl2N3. The Bertz CT molecular complexity index is 404. The van der Waals surface area contributed by atoms with E-state index in [0.29, 0.717) is 22.5 Å². The minimum atomic E-state index is 0.266.